The third-order valence-electron chi connectivity index (χ3n) is 2.22. The second-order valence-corrected chi connectivity index (χ2v) is 2.96. The van der Waals surface area contributed by atoms with Crippen molar-refractivity contribution in [3.63, 3.8) is 0 Å². The lowest BCUT2D eigenvalue weighted by molar-refractivity contribution is 1.23. The molecule has 0 amide bonds. The van der Waals surface area contributed by atoms with E-state index in [1.807, 2.05) is 30.6 Å². The van der Waals surface area contributed by atoms with E-state index >= 15 is 0 Å². The SMILES string of the molecule is c1ncc2c(ccc3[nH]ccc32)n1. The number of fused-ring (bicyclic) bond motifs is 3. The molecule has 1 N–H and O–H groups in total. The zero-order chi connectivity index (χ0) is 8.67. The van der Waals surface area contributed by atoms with E-state index in [0.29, 0.717) is 0 Å². The molecule has 3 nitrogen and oxygen atoms in total. The van der Waals surface area contributed by atoms with Gasteiger partial charge in [-0.3, -0.25) is 0 Å². The van der Waals surface area contributed by atoms with E-state index in [4.69, 9.17) is 0 Å². The maximum atomic E-state index is 4.19. The van der Waals surface area contributed by atoms with Crippen molar-refractivity contribution < 1.29 is 0 Å². The molecule has 3 aromatic rings. The summed E-state index contributed by atoms with van der Waals surface area (Å²) in [7, 11) is 0. The van der Waals surface area contributed by atoms with Crippen molar-refractivity contribution >= 4 is 21.8 Å². The van der Waals surface area contributed by atoms with Gasteiger partial charge in [-0.2, -0.15) is 0 Å². The summed E-state index contributed by atoms with van der Waals surface area (Å²) in [5.41, 5.74) is 2.12. The molecule has 0 aliphatic carbocycles. The van der Waals surface area contributed by atoms with E-state index in [9.17, 15) is 0 Å². The molecule has 0 aliphatic rings. The largest absolute Gasteiger partial charge is 0.361 e. The van der Waals surface area contributed by atoms with Crippen LogP contribution in [0.4, 0.5) is 0 Å². The molecule has 1 aromatic carbocycles. The van der Waals surface area contributed by atoms with Crippen LogP contribution < -0.4 is 0 Å². The van der Waals surface area contributed by atoms with Gasteiger partial charge in [0.25, 0.3) is 0 Å². The molecule has 62 valence electrons. The fourth-order valence-electron chi connectivity index (χ4n) is 1.60. The number of aromatic nitrogens is 3. The number of hydrogen-bond donors (Lipinski definition) is 1. The molecule has 0 unspecified atom stereocenters. The predicted octanol–water partition coefficient (Wildman–Crippen LogP) is 2.11. The van der Waals surface area contributed by atoms with Gasteiger partial charge < -0.3 is 4.98 Å². The molecule has 0 radical (unpaired) electrons. The molecule has 0 saturated carbocycles. The number of H-pyrrole nitrogens is 1. The molecule has 13 heavy (non-hydrogen) atoms. The maximum absolute atomic E-state index is 4.19. The van der Waals surface area contributed by atoms with E-state index < -0.39 is 0 Å². The Morgan fingerprint density at radius 1 is 1.08 bits per heavy atom. The van der Waals surface area contributed by atoms with Crippen molar-refractivity contribution in [3.8, 4) is 0 Å². The highest BCUT2D eigenvalue weighted by Crippen LogP contribution is 2.21. The molecule has 0 bridgehead atoms. The first-order valence-electron chi connectivity index (χ1n) is 4.11. The summed E-state index contributed by atoms with van der Waals surface area (Å²) in [6.45, 7) is 0. The van der Waals surface area contributed by atoms with E-state index in [1.54, 1.807) is 6.33 Å². The molecule has 0 aliphatic heterocycles. The molecule has 3 heteroatoms. The van der Waals surface area contributed by atoms with Crippen LogP contribution in [0.1, 0.15) is 0 Å². The summed E-state index contributed by atoms with van der Waals surface area (Å²) >= 11 is 0. The van der Waals surface area contributed by atoms with Gasteiger partial charge in [0.15, 0.2) is 0 Å². The van der Waals surface area contributed by atoms with Gasteiger partial charge >= 0.3 is 0 Å². The lowest BCUT2D eigenvalue weighted by Crippen LogP contribution is -1.80. The molecule has 2 heterocycles. The minimum absolute atomic E-state index is 0.988. The topological polar surface area (TPSA) is 41.6 Å². The molecular formula is C10H7N3. The third-order valence-corrected chi connectivity index (χ3v) is 2.22. The molecule has 0 spiro atoms. The summed E-state index contributed by atoms with van der Waals surface area (Å²) in [6, 6.07) is 6.07. The predicted molar refractivity (Wildman–Crippen MR) is 51.4 cm³/mol. The highest BCUT2D eigenvalue weighted by atomic mass is 14.8. The van der Waals surface area contributed by atoms with E-state index in [-0.39, 0.29) is 0 Å². The Kier molecular flexibility index (Phi) is 1.16. The third kappa shape index (κ3) is 0.839. The first-order valence-corrected chi connectivity index (χ1v) is 4.11. The highest BCUT2D eigenvalue weighted by Gasteiger charge is 2.00. The van der Waals surface area contributed by atoms with Gasteiger partial charge in [0.05, 0.1) is 5.52 Å². The van der Waals surface area contributed by atoms with Crippen molar-refractivity contribution in [2.45, 2.75) is 0 Å². The Balaban J connectivity index is 2.65. The van der Waals surface area contributed by atoms with Crippen molar-refractivity contribution in [2.75, 3.05) is 0 Å². The molecule has 0 saturated heterocycles. The Labute approximate surface area is 74.4 Å². The van der Waals surface area contributed by atoms with Crippen LogP contribution >= 0.6 is 0 Å². The summed E-state index contributed by atoms with van der Waals surface area (Å²) < 4.78 is 0. The van der Waals surface area contributed by atoms with Crippen LogP contribution in [0.3, 0.4) is 0 Å². The van der Waals surface area contributed by atoms with Crippen LogP contribution in [0.15, 0.2) is 36.9 Å². The highest BCUT2D eigenvalue weighted by molar-refractivity contribution is 6.04. The molecule has 3 rings (SSSR count). The van der Waals surface area contributed by atoms with Crippen LogP contribution in [0.2, 0.25) is 0 Å². The Morgan fingerprint density at radius 3 is 3.08 bits per heavy atom. The Hall–Kier alpha value is -1.90. The standard InChI is InChI=1S/C10H7N3/c1-2-10-8(5-11-6-13-10)7-3-4-12-9(1)7/h1-6,12H. The zero-order valence-corrected chi connectivity index (χ0v) is 6.86. The summed E-state index contributed by atoms with van der Waals surface area (Å²) in [5.74, 6) is 0. The van der Waals surface area contributed by atoms with Crippen LogP contribution in [-0.2, 0) is 0 Å². The molecular weight excluding hydrogens is 162 g/mol. The molecule has 2 aromatic heterocycles. The average molecular weight is 169 g/mol. The molecule has 0 fully saturated rings. The average Bonchev–Trinajstić information content (AvgIpc) is 2.65. The van der Waals surface area contributed by atoms with E-state index in [0.717, 1.165) is 16.4 Å². The maximum Gasteiger partial charge on any atom is 0.116 e. The first kappa shape index (κ1) is 6.60. The number of nitrogens with one attached hydrogen (secondary N) is 1. The fraction of sp³-hybridized carbons (Fsp3) is 0. The van der Waals surface area contributed by atoms with Gasteiger partial charge in [-0.05, 0) is 18.2 Å². The van der Waals surface area contributed by atoms with Crippen molar-refractivity contribution in [1.82, 2.24) is 15.0 Å². The fourth-order valence-corrected chi connectivity index (χ4v) is 1.60. The molecule has 0 atom stereocenters. The number of nitrogens with zero attached hydrogens (tertiary/aromatic N) is 2. The van der Waals surface area contributed by atoms with Gasteiger partial charge in [-0.25, -0.2) is 9.97 Å². The Morgan fingerprint density at radius 2 is 2.08 bits per heavy atom. The summed E-state index contributed by atoms with van der Waals surface area (Å²) in [6.07, 6.45) is 5.34. The van der Waals surface area contributed by atoms with Crippen LogP contribution in [0.25, 0.3) is 21.8 Å². The van der Waals surface area contributed by atoms with Gasteiger partial charge in [-0.15, -0.1) is 0 Å². The number of benzene rings is 1. The summed E-state index contributed by atoms with van der Waals surface area (Å²) in [4.78, 5) is 11.4. The van der Waals surface area contributed by atoms with Crippen molar-refractivity contribution in [1.29, 1.82) is 0 Å². The van der Waals surface area contributed by atoms with E-state index in [2.05, 4.69) is 15.0 Å². The zero-order valence-electron chi connectivity index (χ0n) is 6.86. The minimum Gasteiger partial charge on any atom is -0.361 e. The normalized spacial score (nSPS) is 11.1. The van der Waals surface area contributed by atoms with Crippen LogP contribution in [0.5, 0.6) is 0 Å². The second-order valence-electron chi connectivity index (χ2n) is 2.96. The lowest BCUT2D eigenvalue weighted by atomic mass is 10.2. The monoisotopic (exact) mass is 169 g/mol. The number of rotatable bonds is 0. The van der Waals surface area contributed by atoms with E-state index in [1.165, 1.54) is 5.39 Å². The van der Waals surface area contributed by atoms with Crippen LogP contribution in [0, 0.1) is 0 Å². The van der Waals surface area contributed by atoms with Gasteiger partial charge in [-0.1, -0.05) is 0 Å². The quantitative estimate of drug-likeness (QED) is 0.560. The first-order chi connectivity index (χ1) is 6.45. The van der Waals surface area contributed by atoms with Gasteiger partial charge in [0.1, 0.15) is 6.33 Å². The number of hydrogen-bond acceptors (Lipinski definition) is 2. The Bertz CT molecular complexity index is 568. The lowest BCUT2D eigenvalue weighted by Gasteiger charge is -1.96. The van der Waals surface area contributed by atoms with Crippen molar-refractivity contribution in [2.24, 2.45) is 0 Å². The van der Waals surface area contributed by atoms with Gasteiger partial charge in [0, 0.05) is 28.7 Å². The van der Waals surface area contributed by atoms with Crippen LogP contribution in [-0.4, -0.2) is 15.0 Å². The van der Waals surface area contributed by atoms with Crippen molar-refractivity contribution in [3.05, 3.63) is 36.9 Å². The minimum atomic E-state index is 0.988. The second kappa shape index (κ2) is 2.29. The smallest absolute Gasteiger partial charge is 0.116 e. The number of aromatic amines is 1. The van der Waals surface area contributed by atoms with Gasteiger partial charge in [0.2, 0.25) is 0 Å². The summed E-state index contributed by atoms with van der Waals surface area (Å²) in [5, 5.41) is 2.28.